The summed E-state index contributed by atoms with van der Waals surface area (Å²) in [7, 11) is 1.82. The van der Waals surface area contributed by atoms with Gasteiger partial charge in [0.15, 0.2) is 11.0 Å². The van der Waals surface area contributed by atoms with Gasteiger partial charge in [-0.2, -0.15) is 0 Å². The molecule has 0 radical (unpaired) electrons. The molecule has 0 N–H and O–H groups in total. The van der Waals surface area contributed by atoms with Gasteiger partial charge in [-0.15, -0.1) is 21.5 Å². The van der Waals surface area contributed by atoms with E-state index >= 15 is 0 Å². The fourth-order valence-electron chi connectivity index (χ4n) is 3.04. The molecular formula is C23H21ClN4OS2. The van der Waals surface area contributed by atoms with Crippen LogP contribution >= 0.6 is 34.7 Å². The van der Waals surface area contributed by atoms with Gasteiger partial charge in [0.1, 0.15) is 0 Å². The summed E-state index contributed by atoms with van der Waals surface area (Å²) in [5.41, 5.74) is 3.03. The van der Waals surface area contributed by atoms with Gasteiger partial charge in [0, 0.05) is 28.2 Å². The van der Waals surface area contributed by atoms with Gasteiger partial charge in [0.2, 0.25) is 5.91 Å². The number of carbonyl (C=O) groups excluding carboxylic acids is 1. The summed E-state index contributed by atoms with van der Waals surface area (Å²) in [6.07, 6.45) is 0. The molecule has 0 bridgehead atoms. The first-order valence-corrected chi connectivity index (χ1v) is 11.9. The number of aryl methyl sites for hydroxylation is 1. The van der Waals surface area contributed by atoms with Crippen LogP contribution < -0.4 is 0 Å². The monoisotopic (exact) mass is 468 g/mol. The summed E-state index contributed by atoms with van der Waals surface area (Å²) < 4.78 is 1.97. The van der Waals surface area contributed by atoms with Gasteiger partial charge in [-0.3, -0.25) is 9.36 Å². The molecule has 0 unspecified atom stereocenters. The van der Waals surface area contributed by atoms with Crippen molar-refractivity contribution in [2.45, 2.75) is 18.6 Å². The number of thiophene rings is 1. The lowest BCUT2D eigenvalue weighted by atomic mass is 10.1. The van der Waals surface area contributed by atoms with Crippen LogP contribution in [0.4, 0.5) is 0 Å². The zero-order valence-electron chi connectivity index (χ0n) is 17.2. The van der Waals surface area contributed by atoms with E-state index in [1.54, 1.807) is 16.2 Å². The highest BCUT2D eigenvalue weighted by atomic mass is 35.5. The molecule has 8 heteroatoms. The maximum absolute atomic E-state index is 12.7. The molecule has 0 aliphatic carbocycles. The van der Waals surface area contributed by atoms with Crippen LogP contribution in [0.25, 0.3) is 17.1 Å². The third-order valence-corrected chi connectivity index (χ3v) is 6.78. The zero-order valence-corrected chi connectivity index (χ0v) is 19.5. The molecule has 4 aromatic rings. The molecule has 2 heterocycles. The van der Waals surface area contributed by atoms with Crippen molar-refractivity contribution >= 4 is 40.6 Å². The highest BCUT2D eigenvalue weighted by Crippen LogP contribution is 2.29. The van der Waals surface area contributed by atoms with Gasteiger partial charge >= 0.3 is 0 Å². The lowest BCUT2D eigenvalue weighted by Crippen LogP contribution is -2.27. The quantitative estimate of drug-likeness (QED) is 0.326. The normalized spacial score (nSPS) is 10.9. The molecule has 5 nitrogen and oxygen atoms in total. The molecule has 31 heavy (non-hydrogen) atoms. The van der Waals surface area contributed by atoms with E-state index in [2.05, 4.69) is 10.2 Å². The first-order chi connectivity index (χ1) is 15.0. The van der Waals surface area contributed by atoms with E-state index in [1.165, 1.54) is 17.3 Å². The number of carbonyl (C=O) groups is 1. The number of hydrogen-bond donors (Lipinski definition) is 0. The Morgan fingerprint density at radius 3 is 2.52 bits per heavy atom. The Hall–Kier alpha value is -2.61. The molecule has 4 rings (SSSR count). The molecule has 0 aliphatic heterocycles. The number of halogens is 1. The average Bonchev–Trinajstić information content (AvgIpc) is 3.43. The van der Waals surface area contributed by atoms with Crippen LogP contribution in [0.2, 0.25) is 5.02 Å². The van der Waals surface area contributed by atoms with Gasteiger partial charge < -0.3 is 4.90 Å². The van der Waals surface area contributed by atoms with E-state index in [9.17, 15) is 4.79 Å². The summed E-state index contributed by atoms with van der Waals surface area (Å²) in [4.78, 5) is 15.6. The predicted molar refractivity (Wildman–Crippen MR) is 128 cm³/mol. The third-order valence-electron chi connectivity index (χ3n) is 4.75. The molecule has 2 aromatic heterocycles. The summed E-state index contributed by atoms with van der Waals surface area (Å²) in [6.45, 7) is 2.66. The lowest BCUT2D eigenvalue weighted by molar-refractivity contribution is -0.127. The molecular weight excluding hydrogens is 448 g/mol. The van der Waals surface area contributed by atoms with Crippen LogP contribution in [0, 0.1) is 6.92 Å². The van der Waals surface area contributed by atoms with Gasteiger partial charge in [-0.1, -0.05) is 59.3 Å². The van der Waals surface area contributed by atoms with Crippen LogP contribution in [0.1, 0.15) is 10.4 Å². The fourth-order valence-corrected chi connectivity index (χ4v) is 4.81. The Balaban J connectivity index is 1.59. The molecule has 1 amide bonds. The van der Waals surface area contributed by atoms with E-state index in [4.69, 9.17) is 11.6 Å². The number of amides is 1. The van der Waals surface area contributed by atoms with Crippen LogP contribution in [0.3, 0.4) is 0 Å². The van der Waals surface area contributed by atoms with Gasteiger partial charge in [-0.05, 0) is 42.6 Å². The SMILES string of the molecule is Cc1ccc(-c2nnc(SCC(=O)N(C)Cc3cccs3)n2-c2ccc(Cl)cc2)cc1. The minimum atomic E-state index is 0.0425. The van der Waals surface area contributed by atoms with Crippen molar-refractivity contribution in [2.75, 3.05) is 12.8 Å². The second kappa shape index (κ2) is 9.68. The van der Waals surface area contributed by atoms with Gasteiger partial charge in [0.05, 0.1) is 12.3 Å². The second-order valence-corrected chi connectivity index (χ2v) is 9.51. The Kier molecular flexibility index (Phi) is 6.75. The van der Waals surface area contributed by atoms with E-state index in [1.807, 2.05) is 84.6 Å². The van der Waals surface area contributed by atoms with E-state index in [-0.39, 0.29) is 11.7 Å². The molecule has 0 saturated heterocycles. The Labute approximate surface area is 194 Å². The summed E-state index contributed by atoms with van der Waals surface area (Å²) in [5.74, 6) is 1.05. The standard InChI is InChI=1S/C23H21ClN4OS2/c1-16-5-7-17(8-6-16)22-25-26-23(28(22)19-11-9-18(24)10-12-19)31-15-21(29)27(2)14-20-4-3-13-30-20/h3-13H,14-15H2,1-2H3. The minimum absolute atomic E-state index is 0.0425. The topological polar surface area (TPSA) is 51.0 Å². The molecule has 0 spiro atoms. The fraction of sp³-hybridized carbons (Fsp3) is 0.174. The molecule has 0 aliphatic rings. The number of thioether (sulfide) groups is 1. The van der Waals surface area contributed by atoms with Crippen molar-refractivity contribution < 1.29 is 4.79 Å². The molecule has 0 fully saturated rings. The number of aromatic nitrogens is 3. The lowest BCUT2D eigenvalue weighted by Gasteiger charge is -2.16. The van der Waals surface area contributed by atoms with Crippen molar-refractivity contribution in [3.05, 3.63) is 81.5 Å². The smallest absolute Gasteiger partial charge is 0.233 e. The Morgan fingerprint density at radius 1 is 1.10 bits per heavy atom. The van der Waals surface area contributed by atoms with Crippen molar-refractivity contribution in [3.8, 4) is 17.1 Å². The maximum atomic E-state index is 12.7. The highest BCUT2D eigenvalue weighted by Gasteiger charge is 2.18. The van der Waals surface area contributed by atoms with Crippen molar-refractivity contribution in [1.82, 2.24) is 19.7 Å². The minimum Gasteiger partial charge on any atom is -0.340 e. The van der Waals surface area contributed by atoms with E-state index in [0.717, 1.165) is 22.0 Å². The maximum Gasteiger partial charge on any atom is 0.233 e. The largest absolute Gasteiger partial charge is 0.340 e. The van der Waals surface area contributed by atoms with Crippen LogP contribution in [0.5, 0.6) is 0 Å². The number of rotatable bonds is 7. The van der Waals surface area contributed by atoms with Gasteiger partial charge in [0.25, 0.3) is 0 Å². The molecule has 0 saturated carbocycles. The second-order valence-electron chi connectivity index (χ2n) is 7.10. The Morgan fingerprint density at radius 2 is 1.84 bits per heavy atom. The van der Waals surface area contributed by atoms with Crippen LogP contribution in [0.15, 0.2) is 71.2 Å². The summed E-state index contributed by atoms with van der Waals surface area (Å²) in [6, 6.07) is 19.7. The summed E-state index contributed by atoms with van der Waals surface area (Å²) >= 11 is 9.12. The molecule has 0 atom stereocenters. The predicted octanol–water partition coefficient (Wildman–Crippen LogP) is 5.71. The Bertz CT molecular complexity index is 1160. The summed E-state index contributed by atoms with van der Waals surface area (Å²) in [5, 5.41) is 12.2. The van der Waals surface area contributed by atoms with E-state index < -0.39 is 0 Å². The van der Waals surface area contributed by atoms with Crippen molar-refractivity contribution in [3.63, 3.8) is 0 Å². The number of benzene rings is 2. The van der Waals surface area contributed by atoms with Crippen LogP contribution in [-0.4, -0.2) is 38.4 Å². The third kappa shape index (κ3) is 5.18. The first-order valence-electron chi connectivity index (χ1n) is 9.69. The highest BCUT2D eigenvalue weighted by molar-refractivity contribution is 7.99. The van der Waals surface area contributed by atoms with Crippen molar-refractivity contribution in [1.29, 1.82) is 0 Å². The first kappa shape index (κ1) is 21.6. The number of hydrogen-bond acceptors (Lipinski definition) is 5. The molecule has 158 valence electrons. The van der Waals surface area contributed by atoms with E-state index in [0.29, 0.717) is 16.7 Å². The van der Waals surface area contributed by atoms with Crippen molar-refractivity contribution in [2.24, 2.45) is 0 Å². The number of nitrogens with zero attached hydrogens (tertiary/aromatic N) is 4. The van der Waals surface area contributed by atoms with Crippen LogP contribution in [-0.2, 0) is 11.3 Å². The molecule has 2 aromatic carbocycles. The average molecular weight is 469 g/mol. The van der Waals surface area contributed by atoms with Gasteiger partial charge in [-0.25, -0.2) is 0 Å². The zero-order chi connectivity index (χ0) is 21.8.